The zero-order valence-corrected chi connectivity index (χ0v) is 14.8. The lowest BCUT2D eigenvalue weighted by molar-refractivity contribution is 0.102. The van der Waals surface area contributed by atoms with E-state index in [0.29, 0.717) is 11.6 Å². The number of hydrogen-bond acceptors (Lipinski definition) is 7. The average Bonchev–Trinajstić information content (AvgIpc) is 3.40. The molecule has 9 heteroatoms. The number of methoxy groups -OCH3 is 1. The molecular weight excluding hydrogens is 346 g/mol. The molecule has 0 bridgehead atoms. The summed E-state index contributed by atoms with van der Waals surface area (Å²) >= 11 is 0. The van der Waals surface area contributed by atoms with Crippen molar-refractivity contribution in [3.8, 4) is 17.1 Å². The third-order valence-electron chi connectivity index (χ3n) is 4.39. The molecule has 4 rings (SSSR count). The summed E-state index contributed by atoms with van der Waals surface area (Å²) in [5.74, 6) is 1.70. The predicted molar refractivity (Wildman–Crippen MR) is 99.8 cm³/mol. The van der Waals surface area contributed by atoms with Gasteiger partial charge in [-0.05, 0) is 37.1 Å². The highest BCUT2D eigenvalue weighted by molar-refractivity contribution is 6.01. The fraction of sp³-hybridized carbons (Fsp3) is 0.278. The highest BCUT2D eigenvalue weighted by atomic mass is 16.5. The lowest BCUT2D eigenvalue weighted by Crippen LogP contribution is -2.21. The van der Waals surface area contributed by atoms with Crippen LogP contribution in [0.15, 0.2) is 36.4 Å². The maximum Gasteiger partial charge on any atom is 0.278 e. The van der Waals surface area contributed by atoms with Gasteiger partial charge in [0.25, 0.3) is 5.91 Å². The highest BCUT2D eigenvalue weighted by Crippen LogP contribution is 2.27. The fourth-order valence-corrected chi connectivity index (χ4v) is 3.01. The summed E-state index contributed by atoms with van der Waals surface area (Å²) in [4.78, 5) is 18.8. The van der Waals surface area contributed by atoms with Crippen molar-refractivity contribution in [3.05, 3.63) is 42.1 Å². The highest BCUT2D eigenvalue weighted by Gasteiger charge is 2.17. The molecule has 0 spiro atoms. The number of para-hydroxylation sites is 1. The van der Waals surface area contributed by atoms with Crippen LogP contribution < -0.4 is 15.0 Å². The van der Waals surface area contributed by atoms with Crippen molar-refractivity contribution in [2.24, 2.45) is 0 Å². The molecule has 3 aromatic rings. The van der Waals surface area contributed by atoms with E-state index in [9.17, 15) is 4.79 Å². The number of nitrogens with one attached hydrogen (secondary N) is 2. The number of anilines is 2. The Labute approximate surface area is 155 Å². The van der Waals surface area contributed by atoms with E-state index >= 15 is 0 Å². The third kappa shape index (κ3) is 3.57. The number of aromatic amines is 1. The predicted octanol–water partition coefficient (Wildman–Crippen LogP) is 2.12. The van der Waals surface area contributed by atoms with E-state index < -0.39 is 5.91 Å². The van der Waals surface area contributed by atoms with E-state index in [1.165, 1.54) is 0 Å². The normalized spacial score (nSPS) is 13.6. The van der Waals surface area contributed by atoms with E-state index in [0.717, 1.165) is 37.3 Å². The van der Waals surface area contributed by atoms with Gasteiger partial charge in [-0.25, -0.2) is 0 Å². The third-order valence-corrected chi connectivity index (χ3v) is 4.39. The molecule has 0 saturated carbocycles. The summed E-state index contributed by atoms with van der Waals surface area (Å²) in [6.07, 6.45) is 2.31. The summed E-state index contributed by atoms with van der Waals surface area (Å²) in [5, 5.41) is 17.6. The molecule has 1 amide bonds. The average molecular weight is 365 g/mol. The van der Waals surface area contributed by atoms with Crippen molar-refractivity contribution in [1.82, 2.24) is 25.4 Å². The minimum absolute atomic E-state index is 0.159. The number of aromatic nitrogens is 5. The van der Waals surface area contributed by atoms with E-state index in [1.807, 2.05) is 30.3 Å². The van der Waals surface area contributed by atoms with Gasteiger partial charge in [0, 0.05) is 13.1 Å². The summed E-state index contributed by atoms with van der Waals surface area (Å²) in [6, 6.07) is 10.9. The Morgan fingerprint density at radius 1 is 1.15 bits per heavy atom. The molecule has 1 aromatic carbocycles. The number of carbonyl (C=O) groups excluding carboxylic acids is 1. The van der Waals surface area contributed by atoms with Crippen LogP contribution in [0.3, 0.4) is 0 Å². The molecule has 0 aliphatic carbocycles. The van der Waals surface area contributed by atoms with Crippen LogP contribution >= 0.6 is 0 Å². The maximum atomic E-state index is 12.4. The molecule has 3 heterocycles. The smallest absolute Gasteiger partial charge is 0.278 e. The van der Waals surface area contributed by atoms with Crippen molar-refractivity contribution in [2.75, 3.05) is 30.4 Å². The summed E-state index contributed by atoms with van der Waals surface area (Å²) in [5.41, 5.74) is 0.962. The number of rotatable bonds is 5. The summed E-state index contributed by atoms with van der Waals surface area (Å²) < 4.78 is 5.32. The van der Waals surface area contributed by atoms with Crippen LogP contribution in [0, 0.1) is 0 Å². The summed E-state index contributed by atoms with van der Waals surface area (Å²) in [6.45, 7) is 1.95. The fourth-order valence-electron chi connectivity index (χ4n) is 3.01. The number of carbonyl (C=O) groups is 1. The van der Waals surface area contributed by atoms with Gasteiger partial charge in [-0.1, -0.05) is 12.1 Å². The molecule has 2 aromatic heterocycles. The van der Waals surface area contributed by atoms with Crippen LogP contribution in [0.25, 0.3) is 11.4 Å². The number of hydrogen-bond donors (Lipinski definition) is 2. The molecule has 27 heavy (non-hydrogen) atoms. The Morgan fingerprint density at radius 2 is 1.96 bits per heavy atom. The van der Waals surface area contributed by atoms with Gasteiger partial charge < -0.3 is 9.64 Å². The van der Waals surface area contributed by atoms with Gasteiger partial charge in [0.05, 0.1) is 12.7 Å². The van der Waals surface area contributed by atoms with Gasteiger partial charge in [-0.15, -0.1) is 15.3 Å². The standard InChI is InChI=1S/C18H19N7O2/c1-27-14-7-3-2-6-12(14)16-19-18(24-23-16)20-17(26)13-8-9-15(22-21-13)25-10-4-5-11-25/h2-3,6-9H,4-5,10-11H2,1H3,(H2,19,20,23,24,26). The Morgan fingerprint density at radius 3 is 2.70 bits per heavy atom. The van der Waals surface area contributed by atoms with Crippen molar-refractivity contribution in [2.45, 2.75) is 12.8 Å². The molecule has 1 fully saturated rings. The van der Waals surface area contributed by atoms with Gasteiger partial charge in [0.15, 0.2) is 17.3 Å². The first-order valence-electron chi connectivity index (χ1n) is 8.70. The first kappa shape index (κ1) is 17.0. The number of nitrogens with zero attached hydrogens (tertiary/aromatic N) is 5. The van der Waals surface area contributed by atoms with E-state index in [4.69, 9.17) is 4.74 Å². The zero-order chi connectivity index (χ0) is 18.6. The lowest BCUT2D eigenvalue weighted by Gasteiger charge is -2.14. The van der Waals surface area contributed by atoms with Gasteiger partial charge in [-0.2, -0.15) is 4.98 Å². The first-order valence-corrected chi connectivity index (χ1v) is 8.70. The van der Waals surface area contributed by atoms with Crippen LogP contribution in [-0.2, 0) is 0 Å². The lowest BCUT2D eigenvalue weighted by atomic mass is 10.2. The molecule has 1 aliphatic heterocycles. The van der Waals surface area contributed by atoms with Crippen molar-refractivity contribution in [3.63, 3.8) is 0 Å². The van der Waals surface area contributed by atoms with E-state index in [1.54, 1.807) is 13.2 Å². The largest absolute Gasteiger partial charge is 0.496 e. The molecule has 0 atom stereocenters. The van der Waals surface area contributed by atoms with Crippen LogP contribution in [0.1, 0.15) is 23.3 Å². The number of H-pyrrole nitrogens is 1. The number of benzene rings is 1. The second-order valence-corrected chi connectivity index (χ2v) is 6.13. The monoisotopic (exact) mass is 365 g/mol. The molecule has 0 unspecified atom stereocenters. The molecule has 1 aliphatic rings. The van der Waals surface area contributed by atoms with Crippen molar-refractivity contribution < 1.29 is 9.53 Å². The second kappa shape index (κ2) is 7.40. The van der Waals surface area contributed by atoms with Crippen LogP contribution in [-0.4, -0.2) is 51.5 Å². The Kier molecular flexibility index (Phi) is 4.65. The molecule has 1 saturated heterocycles. The summed E-state index contributed by atoms with van der Waals surface area (Å²) in [7, 11) is 1.59. The SMILES string of the molecule is COc1ccccc1-c1nc(NC(=O)c2ccc(N3CCCC3)nn2)n[nH]1. The first-order chi connectivity index (χ1) is 13.2. The maximum absolute atomic E-state index is 12.4. The Balaban J connectivity index is 1.46. The van der Waals surface area contributed by atoms with E-state index in [2.05, 4.69) is 35.6 Å². The Bertz CT molecular complexity index is 933. The number of ether oxygens (including phenoxy) is 1. The van der Waals surface area contributed by atoms with Gasteiger partial charge in [0.1, 0.15) is 5.75 Å². The van der Waals surface area contributed by atoms with E-state index in [-0.39, 0.29) is 11.6 Å². The molecule has 9 nitrogen and oxygen atoms in total. The minimum atomic E-state index is -0.416. The van der Waals surface area contributed by atoms with Gasteiger partial charge in [0.2, 0.25) is 5.95 Å². The minimum Gasteiger partial charge on any atom is -0.496 e. The van der Waals surface area contributed by atoms with Gasteiger partial charge >= 0.3 is 0 Å². The molecule has 0 radical (unpaired) electrons. The molecular formula is C18H19N7O2. The van der Waals surface area contributed by atoms with Crippen LogP contribution in [0.4, 0.5) is 11.8 Å². The van der Waals surface area contributed by atoms with Crippen LogP contribution in [0.2, 0.25) is 0 Å². The van der Waals surface area contributed by atoms with Crippen LogP contribution in [0.5, 0.6) is 5.75 Å². The topological polar surface area (TPSA) is 109 Å². The zero-order valence-electron chi connectivity index (χ0n) is 14.8. The molecule has 2 N–H and O–H groups in total. The Hall–Kier alpha value is -3.49. The quantitative estimate of drug-likeness (QED) is 0.713. The second-order valence-electron chi connectivity index (χ2n) is 6.13. The number of amides is 1. The molecule has 138 valence electrons. The van der Waals surface area contributed by atoms with Gasteiger partial charge in [-0.3, -0.25) is 15.2 Å². The van der Waals surface area contributed by atoms with Crippen molar-refractivity contribution in [1.29, 1.82) is 0 Å². The van der Waals surface area contributed by atoms with Crippen molar-refractivity contribution >= 4 is 17.7 Å².